The predicted molar refractivity (Wildman–Crippen MR) is 123 cm³/mol. The Morgan fingerprint density at radius 3 is 2.78 bits per heavy atom. The van der Waals surface area contributed by atoms with Gasteiger partial charge in [-0.2, -0.15) is 15.1 Å². The summed E-state index contributed by atoms with van der Waals surface area (Å²) in [4.78, 5) is 13.1. The highest BCUT2D eigenvalue weighted by atomic mass is 19.1. The van der Waals surface area contributed by atoms with Gasteiger partial charge in [0.15, 0.2) is 5.82 Å². The van der Waals surface area contributed by atoms with Crippen molar-refractivity contribution in [2.24, 2.45) is 15.7 Å². The molecule has 5 N–H and O–H groups in total. The number of nitrogens with two attached hydrogens (primary N) is 2. The van der Waals surface area contributed by atoms with Crippen LogP contribution in [0.2, 0.25) is 0 Å². The molecule has 0 atom stereocenters. The van der Waals surface area contributed by atoms with Gasteiger partial charge in [0.2, 0.25) is 11.7 Å². The Bertz CT molecular complexity index is 1140. The summed E-state index contributed by atoms with van der Waals surface area (Å²) in [6.45, 7) is 8.22. The Kier molecular flexibility index (Phi) is 6.30. The second kappa shape index (κ2) is 9.30. The van der Waals surface area contributed by atoms with Crippen molar-refractivity contribution in [1.82, 2.24) is 14.7 Å². The molecule has 1 aromatic carbocycles. The second-order valence-corrected chi connectivity index (χ2v) is 7.79. The van der Waals surface area contributed by atoms with Crippen LogP contribution in [0.5, 0.6) is 0 Å². The van der Waals surface area contributed by atoms with Crippen molar-refractivity contribution in [3.63, 3.8) is 0 Å². The van der Waals surface area contributed by atoms with Crippen LogP contribution in [0, 0.1) is 30.0 Å². The van der Waals surface area contributed by atoms with Gasteiger partial charge in [-0.15, -0.1) is 0 Å². The second-order valence-electron chi connectivity index (χ2n) is 7.79. The van der Waals surface area contributed by atoms with Crippen LogP contribution in [-0.2, 0) is 6.54 Å². The molecule has 9 nitrogen and oxygen atoms in total. The van der Waals surface area contributed by atoms with E-state index in [0.29, 0.717) is 29.8 Å². The number of guanidine groups is 1. The zero-order valence-corrected chi connectivity index (χ0v) is 18.3. The molecule has 1 saturated heterocycles. The summed E-state index contributed by atoms with van der Waals surface area (Å²) in [6, 6.07) is 5.39. The maximum Gasteiger partial charge on any atom is 0.304 e. The zero-order chi connectivity index (χ0) is 22.7. The minimum Gasteiger partial charge on any atom is -0.367 e. The molecule has 10 heteroatoms. The Hall–Kier alpha value is -3.55. The predicted octanol–water partition coefficient (Wildman–Crippen LogP) is 0.423. The number of quaternary nitrogens is 1. The molecule has 0 amide bonds. The molecule has 166 valence electrons. The molecule has 2 aliphatic heterocycles. The fourth-order valence-electron chi connectivity index (χ4n) is 3.89. The summed E-state index contributed by atoms with van der Waals surface area (Å²) in [5, 5.41) is 13.9. The van der Waals surface area contributed by atoms with Crippen LogP contribution in [0.15, 0.2) is 34.4 Å². The third kappa shape index (κ3) is 4.69. The summed E-state index contributed by atoms with van der Waals surface area (Å²) < 4.78 is 16.1. The van der Waals surface area contributed by atoms with E-state index < -0.39 is 0 Å². The number of nitrogens with one attached hydrogen (secondary N) is 1. The molecule has 1 aromatic heterocycles. The van der Waals surface area contributed by atoms with Gasteiger partial charge in [0.1, 0.15) is 11.4 Å². The summed E-state index contributed by atoms with van der Waals surface area (Å²) in [5.74, 6) is 6.59. The maximum atomic E-state index is 14.3. The molecule has 4 rings (SSSR count). The number of fused-ring (bicyclic) bond motifs is 1. The van der Waals surface area contributed by atoms with E-state index in [-0.39, 0.29) is 11.7 Å². The fourth-order valence-corrected chi connectivity index (χ4v) is 3.89. The summed E-state index contributed by atoms with van der Waals surface area (Å²) in [7, 11) is 0. The Morgan fingerprint density at radius 2 is 2.06 bits per heavy atom. The van der Waals surface area contributed by atoms with Crippen molar-refractivity contribution >= 4 is 29.1 Å². The third-order valence-electron chi connectivity index (χ3n) is 5.53. The molecular weight excluding hydrogens is 409 g/mol. The van der Waals surface area contributed by atoms with E-state index in [1.165, 1.54) is 0 Å². The highest BCUT2D eigenvalue weighted by Crippen LogP contribution is 2.23. The van der Waals surface area contributed by atoms with Crippen molar-refractivity contribution in [3.05, 3.63) is 41.3 Å². The van der Waals surface area contributed by atoms with Gasteiger partial charge in [0.05, 0.1) is 18.4 Å². The Balaban J connectivity index is 1.39. The average Bonchev–Trinajstić information content (AvgIpc) is 3.16. The molecule has 0 spiro atoms. The lowest BCUT2D eigenvalue weighted by molar-refractivity contribution is -0.409. The molecule has 2 aromatic rings. The first-order valence-electron chi connectivity index (χ1n) is 10.5. The van der Waals surface area contributed by atoms with Crippen molar-refractivity contribution < 1.29 is 9.71 Å². The highest BCUT2D eigenvalue weighted by Gasteiger charge is 2.27. The van der Waals surface area contributed by atoms with Crippen molar-refractivity contribution in [1.29, 1.82) is 5.41 Å². The zero-order valence-electron chi connectivity index (χ0n) is 18.3. The van der Waals surface area contributed by atoms with E-state index in [1.54, 1.807) is 24.5 Å². The van der Waals surface area contributed by atoms with Gasteiger partial charge >= 0.3 is 5.96 Å². The summed E-state index contributed by atoms with van der Waals surface area (Å²) in [5.41, 5.74) is 8.30. The SMILES string of the molecule is CC#CC(=N)N=C1[NH2+]C(N)=Nc2c1cnn2CCN1CCN(c2ccc(C)cc2F)CC1. The minimum absolute atomic E-state index is 0.0324. The van der Waals surface area contributed by atoms with Crippen molar-refractivity contribution in [3.8, 4) is 11.8 Å². The van der Waals surface area contributed by atoms with Gasteiger partial charge < -0.3 is 10.6 Å². The number of rotatable bonds is 4. The first kappa shape index (κ1) is 21.7. The molecule has 32 heavy (non-hydrogen) atoms. The quantitative estimate of drug-likeness (QED) is 0.366. The van der Waals surface area contributed by atoms with Crippen LogP contribution >= 0.6 is 0 Å². The number of aryl methyl sites for hydroxylation is 1. The Morgan fingerprint density at radius 1 is 1.28 bits per heavy atom. The number of amidine groups is 2. The molecule has 0 saturated carbocycles. The van der Waals surface area contributed by atoms with Crippen LogP contribution in [0.25, 0.3) is 0 Å². The smallest absolute Gasteiger partial charge is 0.304 e. The van der Waals surface area contributed by atoms with Gasteiger partial charge in [-0.3, -0.25) is 10.3 Å². The van der Waals surface area contributed by atoms with E-state index >= 15 is 0 Å². The molecule has 0 unspecified atom stereocenters. The maximum absolute atomic E-state index is 14.3. The topological polar surface area (TPSA) is 116 Å². The number of benzene rings is 1. The van der Waals surface area contributed by atoms with Crippen molar-refractivity contribution in [2.45, 2.75) is 20.4 Å². The number of aliphatic imine (C=N–C) groups is 2. The number of hydrogen-bond donors (Lipinski definition) is 3. The molecular formula is C22H27FN9+. The Labute approximate surface area is 186 Å². The van der Waals surface area contributed by atoms with Gasteiger partial charge in [0, 0.05) is 32.7 Å². The standard InChI is InChI=1S/C22H26FN9/c1-3-4-19(24)27-20-16-14-26-32(21(16)29-22(25)28-20)12-9-30-7-10-31(11-8-30)18-6-5-15(2)13-17(18)23/h5-6,13-14H,7-12H2,1-2H3,(H4,24,25,27,28,29)/p+1. The minimum atomic E-state index is -0.163. The third-order valence-corrected chi connectivity index (χ3v) is 5.53. The van der Waals surface area contributed by atoms with Crippen LogP contribution < -0.4 is 16.0 Å². The fraction of sp³-hybridized carbons (Fsp3) is 0.364. The molecule has 2 aliphatic rings. The molecule has 0 aliphatic carbocycles. The lowest BCUT2D eigenvalue weighted by Crippen LogP contribution is -2.95. The first-order chi connectivity index (χ1) is 15.4. The van der Waals surface area contributed by atoms with E-state index in [4.69, 9.17) is 11.1 Å². The van der Waals surface area contributed by atoms with Gasteiger partial charge in [-0.1, -0.05) is 12.0 Å². The monoisotopic (exact) mass is 436 g/mol. The van der Waals surface area contributed by atoms with Gasteiger partial charge in [0.25, 0.3) is 0 Å². The molecule has 1 fully saturated rings. The molecule has 0 bridgehead atoms. The van der Waals surface area contributed by atoms with Gasteiger partial charge in [-0.05, 0) is 37.5 Å². The van der Waals surface area contributed by atoms with Crippen LogP contribution in [0.4, 0.5) is 15.9 Å². The van der Waals surface area contributed by atoms with Gasteiger partial charge in [-0.25, -0.2) is 14.4 Å². The number of anilines is 1. The highest BCUT2D eigenvalue weighted by molar-refractivity contribution is 6.11. The number of piperazine rings is 1. The van der Waals surface area contributed by atoms with Crippen LogP contribution in [-0.4, -0.2) is 65.0 Å². The van der Waals surface area contributed by atoms with E-state index in [2.05, 4.69) is 36.7 Å². The van der Waals surface area contributed by atoms with Crippen LogP contribution in [0.3, 0.4) is 0 Å². The number of halogens is 1. The van der Waals surface area contributed by atoms with Crippen LogP contribution in [0.1, 0.15) is 18.1 Å². The number of aromatic nitrogens is 2. The first-order valence-corrected chi connectivity index (χ1v) is 10.5. The molecule has 0 radical (unpaired) electrons. The van der Waals surface area contributed by atoms with E-state index in [9.17, 15) is 4.39 Å². The lowest BCUT2D eigenvalue weighted by Gasteiger charge is -2.36. The largest absolute Gasteiger partial charge is 0.367 e. The van der Waals surface area contributed by atoms with E-state index in [0.717, 1.165) is 43.9 Å². The lowest BCUT2D eigenvalue weighted by atomic mass is 10.2. The molecule has 3 heterocycles. The van der Waals surface area contributed by atoms with E-state index in [1.807, 2.05) is 23.7 Å². The number of nitrogens with zero attached hydrogens (tertiary/aromatic N) is 6. The summed E-state index contributed by atoms with van der Waals surface area (Å²) >= 11 is 0. The summed E-state index contributed by atoms with van der Waals surface area (Å²) in [6.07, 6.45) is 1.70. The number of hydrogen-bond acceptors (Lipinski definition) is 6. The van der Waals surface area contributed by atoms with Crippen molar-refractivity contribution in [2.75, 3.05) is 37.6 Å². The average molecular weight is 437 g/mol. The normalized spacial score (nSPS) is 17.5.